The van der Waals surface area contributed by atoms with Crippen molar-refractivity contribution in [2.45, 2.75) is 30.6 Å². The van der Waals surface area contributed by atoms with Crippen molar-refractivity contribution in [1.82, 2.24) is 4.72 Å². The molecule has 3 rings (SSSR count). The van der Waals surface area contributed by atoms with Crippen LogP contribution in [-0.2, 0) is 10.0 Å². The number of benzene rings is 1. The van der Waals surface area contributed by atoms with Crippen LogP contribution in [0.5, 0.6) is 0 Å². The summed E-state index contributed by atoms with van der Waals surface area (Å²) >= 11 is 0. The van der Waals surface area contributed by atoms with E-state index in [4.69, 9.17) is 5.73 Å². The van der Waals surface area contributed by atoms with Crippen molar-refractivity contribution in [2.24, 2.45) is 11.8 Å². The van der Waals surface area contributed by atoms with Gasteiger partial charge in [-0.05, 0) is 62.8 Å². The van der Waals surface area contributed by atoms with Crippen LogP contribution in [0.4, 0.5) is 11.4 Å². The SMILES string of the molecule is CNS(=O)(=O)c1ccc(N(CC2CC2)CC2CC2)cc1N. The van der Waals surface area contributed by atoms with Gasteiger partial charge >= 0.3 is 0 Å². The first kappa shape index (κ1) is 14.7. The monoisotopic (exact) mass is 309 g/mol. The van der Waals surface area contributed by atoms with E-state index in [2.05, 4.69) is 9.62 Å². The lowest BCUT2D eigenvalue weighted by Gasteiger charge is -2.25. The minimum Gasteiger partial charge on any atom is -0.398 e. The Morgan fingerprint density at radius 3 is 2.19 bits per heavy atom. The average molecular weight is 309 g/mol. The predicted molar refractivity (Wildman–Crippen MR) is 84.8 cm³/mol. The van der Waals surface area contributed by atoms with Gasteiger partial charge in [-0.25, -0.2) is 13.1 Å². The van der Waals surface area contributed by atoms with Gasteiger partial charge < -0.3 is 10.6 Å². The van der Waals surface area contributed by atoms with E-state index in [0.29, 0.717) is 5.69 Å². The number of sulfonamides is 1. The fourth-order valence-corrected chi connectivity index (χ4v) is 3.43. The molecule has 2 saturated carbocycles. The molecule has 2 aliphatic carbocycles. The van der Waals surface area contributed by atoms with Gasteiger partial charge in [-0.2, -0.15) is 0 Å². The van der Waals surface area contributed by atoms with Crippen LogP contribution in [0.3, 0.4) is 0 Å². The van der Waals surface area contributed by atoms with E-state index in [1.807, 2.05) is 6.07 Å². The first-order valence-electron chi connectivity index (χ1n) is 7.57. The maximum atomic E-state index is 11.9. The maximum absolute atomic E-state index is 11.9. The van der Waals surface area contributed by atoms with Crippen LogP contribution >= 0.6 is 0 Å². The van der Waals surface area contributed by atoms with Crippen molar-refractivity contribution in [3.63, 3.8) is 0 Å². The number of hydrogen-bond acceptors (Lipinski definition) is 4. The largest absolute Gasteiger partial charge is 0.398 e. The first-order chi connectivity index (χ1) is 9.99. The highest BCUT2D eigenvalue weighted by Crippen LogP contribution is 2.36. The number of nitrogen functional groups attached to an aromatic ring is 1. The van der Waals surface area contributed by atoms with Crippen LogP contribution in [0, 0.1) is 11.8 Å². The standard InChI is InChI=1S/C15H23N3O2S/c1-17-21(19,20)15-7-6-13(8-14(15)16)18(9-11-2-3-11)10-12-4-5-12/h6-8,11-12,17H,2-5,9-10,16H2,1H3. The number of anilines is 2. The van der Waals surface area contributed by atoms with Crippen LogP contribution in [-0.4, -0.2) is 28.6 Å². The zero-order valence-electron chi connectivity index (χ0n) is 12.4. The maximum Gasteiger partial charge on any atom is 0.242 e. The van der Waals surface area contributed by atoms with E-state index in [1.165, 1.54) is 32.7 Å². The Balaban J connectivity index is 1.83. The summed E-state index contributed by atoms with van der Waals surface area (Å²) in [5.41, 5.74) is 7.33. The van der Waals surface area contributed by atoms with Crippen molar-refractivity contribution in [3.8, 4) is 0 Å². The molecule has 0 aliphatic heterocycles. The number of nitrogens with one attached hydrogen (secondary N) is 1. The molecule has 1 aromatic rings. The van der Waals surface area contributed by atoms with Crippen LogP contribution in [0.1, 0.15) is 25.7 Å². The summed E-state index contributed by atoms with van der Waals surface area (Å²) in [5.74, 6) is 1.59. The lowest BCUT2D eigenvalue weighted by atomic mass is 10.2. The van der Waals surface area contributed by atoms with Gasteiger partial charge in [0.15, 0.2) is 0 Å². The molecular weight excluding hydrogens is 286 g/mol. The summed E-state index contributed by atoms with van der Waals surface area (Å²) in [5, 5.41) is 0. The Labute approximate surface area is 126 Å². The second kappa shape index (κ2) is 5.50. The van der Waals surface area contributed by atoms with Gasteiger partial charge in [0.1, 0.15) is 4.90 Å². The molecule has 6 heteroatoms. The third-order valence-electron chi connectivity index (χ3n) is 4.27. The van der Waals surface area contributed by atoms with E-state index in [9.17, 15) is 8.42 Å². The number of nitrogens with two attached hydrogens (primary N) is 1. The van der Waals surface area contributed by atoms with Crippen LogP contribution < -0.4 is 15.4 Å². The fraction of sp³-hybridized carbons (Fsp3) is 0.600. The molecular formula is C15H23N3O2S. The molecule has 1 aromatic carbocycles. The van der Waals surface area contributed by atoms with Crippen molar-refractivity contribution < 1.29 is 8.42 Å². The predicted octanol–water partition coefficient (Wildman–Crippen LogP) is 1.80. The smallest absolute Gasteiger partial charge is 0.242 e. The van der Waals surface area contributed by atoms with Gasteiger partial charge in [-0.1, -0.05) is 0 Å². The molecule has 2 aliphatic rings. The molecule has 2 fully saturated rings. The van der Waals surface area contributed by atoms with Crippen LogP contribution in [0.25, 0.3) is 0 Å². The Kier molecular flexibility index (Phi) is 3.84. The molecule has 0 radical (unpaired) electrons. The highest BCUT2D eigenvalue weighted by atomic mass is 32.2. The van der Waals surface area contributed by atoms with Crippen LogP contribution in [0.15, 0.2) is 23.1 Å². The normalized spacial score (nSPS) is 18.7. The quantitative estimate of drug-likeness (QED) is 0.753. The Bertz CT molecular complexity index is 608. The molecule has 5 nitrogen and oxygen atoms in total. The second-order valence-corrected chi connectivity index (χ2v) is 8.08. The zero-order chi connectivity index (χ0) is 15.0. The molecule has 116 valence electrons. The highest BCUT2D eigenvalue weighted by molar-refractivity contribution is 7.89. The molecule has 3 N–H and O–H groups in total. The topological polar surface area (TPSA) is 75.4 Å². The molecule has 0 saturated heterocycles. The Morgan fingerprint density at radius 2 is 1.76 bits per heavy atom. The van der Waals surface area contributed by atoms with E-state index in [-0.39, 0.29) is 4.90 Å². The molecule has 21 heavy (non-hydrogen) atoms. The van der Waals surface area contributed by atoms with Gasteiger partial charge in [0.2, 0.25) is 10.0 Å². The Hall–Kier alpha value is -1.27. The van der Waals surface area contributed by atoms with Crippen molar-refractivity contribution >= 4 is 21.4 Å². The summed E-state index contributed by atoms with van der Waals surface area (Å²) in [7, 11) is -2.09. The minimum atomic E-state index is -3.49. The summed E-state index contributed by atoms with van der Waals surface area (Å²) in [4.78, 5) is 2.54. The van der Waals surface area contributed by atoms with Gasteiger partial charge in [0, 0.05) is 18.8 Å². The third-order valence-corrected chi connectivity index (χ3v) is 5.76. The average Bonchev–Trinajstić information content (AvgIpc) is 3.33. The molecule has 0 spiro atoms. The minimum absolute atomic E-state index is 0.159. The molecule has 0 aromatic heterocycles. The van der Waals surface area contributed by atoms with E-state index in [1.54, 1.807) is 12.1 Å². The summed E-state index contributed by atoms with van der Waals surface area (Å²) in [6, 6.07) is 5.30. The number of nitrogens with zero attached hydrogens (tertiary/aromatic N) is 1. The van der Waals surface area contributed by atoms with Gasteiger partial charge in [0.25, 0.3) is 0 Å². The lowest BCUT2D eigenvalue weighted by molar-refractivity contribution is 0.588. The first-order valence-corrected chi connectivity index (χ1v) is 9.06. The van der Waals surface area contributed by atoms with E-state index in [0.717, 1.165) is 30.6 Å². The highest BCUT2D eigenvalue weighted by Gasteiger charge is 2.29. The van der Waals surface area contributed by atoms with E-state index >= 15 is 0 Å². The molecule has 0 heterocycles. The van der Waals surface area contributed by atoms with Crippen molar-refractivity contribution in [3.05, 3.63) is 18.2 Å². The van der Waals surface area contributed by atoms with Crippen molar-refractivity contribution in [2.75, 3.05) is 30.8 Å². The fourth-order valence-electron chi connectivity index (χ4n) is 2.60. The Morgan fingerprint density at radius 1 is 1.19 bits per heavy atom. The lowest BCUT2D eigenvalue weighted by Crippen LogP contribution is -2.28. The van der Waals surface area contributed by atoms with Crippen molar-refractivity contribution in [1.29, 1.82) is 0 Å². The van der Waals surface area contributed by atoms with Crippen LogP contribution in [0.2, 0.25) is 0 Å². The molecule has 0 amide bonds. The summed E-state index contributed by atoms with van der Waals surface area (Å²) in [6.45, 7) is 2.13. The zero-order valence-corrected chi connectivity index (χ0v) is 13.2. The van der Waals surface area contributed by atoms with Gasteiger partial charge in [-0.3, -0.25) is 0 Å². The summed E-state index contributed by atoms with van der Waals surface area (Å²) in [6.07, 6.45) is 5.23. The molecule has 0 bridgehead atoms. The third kappa shape index (κ3) is 3.49. The van der Waals surface area contributed by atoms with E-state index < -0.39 is 10.0 Å². The summed E-state index contributed by atoms with van der Waals surface area (Å²) < 4.78 is 26.1. The molecule has 0 atom stereocenters. The van der Waals surface area contributed by atoms with Gasteiger partial charge in [-0.15, -0.1) is 0 Å². The number of hydrogen-bond donors (Lipinski definition) is 2. The second-order valence-electron chi connectivity index (χ2n) is 6.22. The molecule has 0 unspecified atom stereocenters. The van der Waals surface area contributed by atoms with Gasteiger partial charge in [0.05, 0.1) is 5.69 Å². The number of rotatable bonds is 7.